The lowest BCUT2D eigenvalue weighted by atomic mass is 10.0. The van der Waals surface area contributed by atoms with Crippen LogP contribution in [-0.2, 0) is 15.0 Å². The number of carbonyl (C=O) groups excluding carboxylic acids is 1. The number of para-hydroxylation sites is 2. The zero-order valence-corrected chi connectivity index (χ0v) is 18.0. The smallest absolute Gasteiger partial charge is 0.326 e. The third-order valence-corrected chi connectivity index (χ3v) is 7.85. The van der Waals surface area contributed by atoms with Gasteiger partial charge in [0.2, 0.25) is 12.7 Å². The van der Waals surface area contributed by atoms with Gasteiger partial charge in [-0.1, -0.05) is 12.1 Å². The zero-order valence-electron chi connectivity index (χ0n) is 17.2. The van der Waals surface area contributed by atoms with Crippen LogP contribution in [0.3, 0.4) is 0 Å². The number of carbonyl (C=O) groups is 1. The molecule has 0 atom stereocenters. The Hall–Kier alpha value is -2.98. The van der Waals surface area contributed by atoms with Crippen LogP contribution in [0.15, 0.2) is 42.5 Å². The summed E-state index contributed by atoms with van der Waals surface area (Å²) in [5.74, 6) is 1.18. The maximum absolute atomic E-state index is 12.9. The fraction of sp³-hybridized carbons (Fsp3) is 0.381. The van der Waals surface area contributed by atoms with E-state index in [9.17, 15) is 13.2 Å². The number of likely N-dealkylation sites (tertiary alicyclic amines) is 1. The molecular formula is C21H24N4O5S. The van der Waals surface area contributed by atoms with E-state index in [-0.39, 0.29) is 25.3 Å². The molecule has 0 saturated carbocycles. The summed E-state index contributed by atoms with van der Waals surface area (Å²) >= 11 is 0. The van der Waals surface area contributed by atoms with Gasteiger partial charge in [0.05, 0.1) is 17.9 Å². The van der Waals surface area contributed by atoms with E-state index >= 15 is 0 Å². The van der Waals surface area contributed by atoms with Gasteiger partial charge in [0.1, 0.15) is 0 Å². The highest BCUT2D eigenvalue weighted by atomic mass is 32.2. The van der Waals surface area contributed by atoms with Crippen LogP contribution in [0, 0.1) is 0 Å². The summed E-state index contributed by atoms with van der Waals surface area (Å²) in [6, 6.07) is 12.6. The van der Waals surface area contributed by atoms with E-state index in [1.54, 1.807) is 29.6 Å². The van der Waals surface area contributed by atoms with Crippen molar-refractivity contribution in [3.63, 3.8) is 0 Å². The van der Waals surface area contributed by atoms with Crippen LogP contribution in [0.1, 0.15) is 12.8 Å². The molecule has 1 N–H and O–H groups in total. The van der Waals surface area contributed by atoms with E-state index in [0.29, 0.717) is 48.8 Å². The fourth-order valence-electron chi connectivity index (χ4n) is 4.37. The van der Waals surface area contributed by atoms with Crippen molar-refractivity contribution in [2.24, 2.45) is 0 Å². The molecule has 0 radical (unpaired) electrons. The maximum atomic E-state index is 12.9. The monoisotopic (exact) mass is 444 g/mol. The van der Waals surface area contributed by atoms with Crippen LogP contribution in [0.5, 0.6) is 11.5 Å². The van der Waals surface area contributed by atoms with Crippen molar-refractivity contribution in [3.8, 4) is 11.5 Å². The van der Waals surface area contributed by atoms with Crippen molar-refractivity contribution in [1.82, 2.24) is 4.90 Å². The highest BCUT2D eigenvalue weighted by Gasteiger charge is 2.42. The van der Waals surface area contributed by atoms with Gasteiger partial charge in [0.25, 0.3) is 0 Å². The van der Waals surface area contributed by atoms with E-state index in [4.69, 9.17) is 9.47 Å². The van der Waals surface area contributed by atoms with Crippen molar-refractivity contribution >= 4 is 33.2 Å². The molecule has 3 aliphatic rings. The number of piperidine rings is 1. The SMILES string of the molecule is CN1c2ccccc2N(C2CCN(CC(=O)Nc3ccc4c(c3)OCO4)CC2)S1(=O)=O. The summed E-state index contributed by atoms with van der Waals surface area (Å²) in [7, 11) is -1.98. The number of rotatable bonds is 4. The first-order valence-corrected chi connectivity index (χ1v) is 11.6. The van der Waals surface area contributed by atoms with Crippen LogP contribution in [0.2, 0.25) is 0 Å². The minimum atomic E-state index is -3.56. The number of nitrogens with zero attached hydrogens (tertiary/aromatic N) is 3. The lowest BCUT2D eigenvalue weighted by Crippen LogP contribution is -2.49. The first-order chi connectivity index (χ1) is 14.9. The van der Waals surface area contributed by atoms with Crippen LogP contribution in [0.25, 0.3) is 0 Å². The molecule has 1 fully saturated rings. The third kappa shape index (κ3) is 3.55. The molecule has 0 spiro atoms. The Kier molecular flexibility index (Phi) is 4.90. The van der Waals surface area contributed by atoms with Crippen molar-refractivity contribution in [2.45, 2.75) is 18.9 Å². The number of ether oxygens (including phenoxy) is 2. The summed E-state index contributed by atoms with van der Waals surface area (Å²) in [5.41, 5.74) is 2.09. The quantitative estimate of drug-likeness (QED) is 0.776. The van der Waals surface area contributed by atoms with Gasteiger partial charge in [-0.15, -0.1) is 0 Å². The summed E-state index contributed by atoms with van der Waals surface area (Å²) in [6.07, 6.45) is 1.33. The first kappa shape index (κ1) is 20.0. The largest absolute Gasteiger partial charge is 0.454 e. The molecule has 1 amide bonds. The number of fused-ring (bicyclic) bond motifs is 2. The minimum Gasteiger partial charge on any atom is -0.454 e. The van der Waals surface area contributed by atoms with Crippen molar-refractivity contribution in [3.05, 3.63) is 42.5 Å². The van der Waals surface area contributed by atoms with Gasteiger partial charge in [0.15, 0.2) is 11.5 Å². The maximum Gasteiger partial charge on any atom is 0.326 e. The number of hydrogen-bond donors (Lipinski definition) is 1. The first-order valence-electron chi connectivity index (χ1n) is 10.2. The number of anilines is 3. The summed E-state index contributed by atoms with van der Waals surface area (Å²) in [5, 5.41) is 2.89. The molecule has 9 nitrogen and oxygen atoms in total. The van der Waals surface area contributed by atoms with Gasteiger partial charge in [-0.2, -0.15) is 8.42 Å². The van der Waals surface area contributed by atoms with Gasteiger partial charge in [-0.05, 0) is 37.1 Å². The lowest BCUT2D eigenvalue weighted by molar-refractivity contribution is -0.117. The Balaban J connectivity index is 1.20. The number of benzene rings is 2. The average molecular weight is 445 g/mol. The van der Waals surface area contributed by atoms with Gasteiger partial charge in [0, 0.05) is 37.9 Å². The third-order valence-electron chi connectivity index (χ3n) is 5.97. The van der Waals surface area contributed by atoms with Crippen molar-refractivity contribution in [1.29, 1.82) is 0 Å². The van der Waals surface area contributed by atoms with Crippen molar-refractivity contribution in [2.75, 3.05) is 47.4 Å². The number of amides is 1. The van der Waals surface area contributed by atoms with Crippen LogP contribution < -0.4 is 23.4 Å². The second kappa shape index (κ2) is 7.61. The highest BCUT2D eigenvalue weighted by molar-refractivity contribution is 7.94. The summed E-state index contributed by atoms with van der Waals surface area (Å²) < 4.78 is 39.4. The van der Waals surface area contributed by atoms with Gasteiger partial charge >= 0.3 is 10.2 Å². The van der Waals surface area contributed by atoms with Gasteiger partial charge in [-0.3, -0.25) is 14.0 Å². The van der Waals surface area contributed by atoms with Crippen LogP contribution >= 0.6 is 0 Å². The molecule has 0 aromatic heterocycles. The van der Waals surface area contributed by atoms with E-state index in [0.717, 1.165) is 5.69 Å². The molecular weight excluding hydrogens is 420 g/mol. The molecule has 2 aromatic carbocycles. The normalized spacial score (nSPS) is 20.0. The minimum absolute atomic E-state index is 0.115. The van der Waals surface area contributed by atoms with Crippen LogP contribution in [0.4, 0.5) is 17.1 Å². The molecule has 31 heavy (non-hydrogen) atoms. The van der Waals surface area contributed by atoms with Gasteiger partial charge in [-0.25, -0.2) is 4.31 Å². The lowest BCUT2D eigenvalue weighted by Gasteiger charge is -2.36. The van der Waals surface area contributed by atoms with E-state index in [2.05, 4.69) is 10.2 Å². The standard InChI is InChI=1S/C21H24N4O5S/c1-23-17-4-2-3-5-18(17)25(31(23,27)28)16-8-10-24(11-9-16)13-21(26)22-15-6-7-19-20(12-15)30-14-29-19/h2-7,12,16H,8-11,13-14H2,1H3,(H,22,26). The van der Waals surface area contributed by atoms with E-state index in [1.165, 1.54) is 4.31 Å². The molecule has 1 saturated heterocycles. The Morgan fingerprint density at radius 2 is 1.77 bits per heavy atom. The zero-order chi connectivity index (χ0) is 21.6. The Morgan fingerprint density at radius 1 is 1.06 bits per heavy atom. The molecule has 3 heterocycles. The molecule has 0 aliphatic carbocycles. The van der Waals surface area contributed by atoms with Crippen molar-refractivity contribution < 1.29 is 22.7 Å². The summed E-state index contributed by atoms with van der Waals surface area (Å²) in [6.45, 7) is 1.74. The predicted octanol–water partition coefficient (Wildman–Crippen LogP) is 2.02. The molecule has 164 valence electrons. The van der Waals surface area contributed by atoms with E-state index in [1.807, 2.05) is 24.3 Å². The van der Waals surface area contributed by atoms with E-state index < -0.39 is 10.2 Å². The molecule has 0 bridgehead atoms. The highest BCUT2D eigenvalue weighted by Crippen LogP contribution is 2.42. The van der Waals surface area contributed by atoms with Crippen LogP contribution in [-0.4, -0.2) is 58.7 Å². The molecule has 2 aromatic rings. The topological polar surface area (TPSA) is 91.4 Å². The summed E-state index contributed by atoms with van der Waals surface area (Å²) in [4.78, 5) is 14.5. The molecule has 0 unspecified atom stereocenters. The predicted molar refractivity (Wildman–Crippen MR) is 117 cm³/mol. The fourth-order valence-corrected chi connectivity index (χ4v) is 6.03. The van der Waals surface area contributed by atoms with Gasteiger partial charge < -0.3 is 14.8 Å². The Bertz CT molecular complexity index is 1110. The number of hydrogen-bond acceptors (Lipinski definition) is 6. The molecule has 3 aliphatic heterocycles. The number of nitrogens with one attached hydrogen (secondary N) is 1. The Labute approximate surface area is 181 Å². The average Bonchev–Trinajstić information content (AvgIpc) is 3.29. The second-order valence-electron chi connectivity index (χ2n) is 7.88. The molecule has 5 rings (SSSR count). The second-order valence-corrected chi connectivity index (χ2v) is 9.72. The Morgan fingerprint density at radius 3 is 2.55 bits per heavy atom. The molecule has 10 heteroatoms.